The third-order valence-corrected chi connectivity index (χ3v) is 5.49. The molecular weight excluding hydrogens is 328 g/mol. The molecule has 0 saturated heterocycles. The summed E-state index contributed by atoms with van der Waals surface area (Å²) in [5, 5.41) is 7.09. The van der Waals surface area contributed by atoms with E-state index in [1.165, 1.54) is 11.8 Å². The Labute approximate surface area is 140 Å². The van der Waals surface area contributed by atoms with E-state index in [9.17, 15) is 4.79 Å². The number of nitrogens with zero attached hydrogens (tertiary/aromatic N) is 3. The maximum atomic E-state index is 12.2. The first-order valence-electron chi connectivity index (χ1n) is 7.00. The van der Waals surface area contributed by atoms with Gasteiger partial charge in [-0.05, 0) is 30.3 Å². The van der Waals surface area contributed by atoms with Gasteiger partial charge >= 0.3 is 0 Å². The predicted molar refractivity (Wildman–Crippen MR) is 94.2 cm³/mol. The molecule has 114 valence electrons. The van der Waals surface area contributed by atoms with Crippen LogP contribution in [0.4, 0.5) is 5.69 Å². The van der Waals surface area contributed by atoms with Gasteiger partial charge in [0.1, 0.15) is 0 Å². The Balaban J connectivity index is 1.45. The lowest BCUT2D eigenvalue weighted by molar-refractivity contribution is -0.113. The zero-order valence-electron chi connectivity index (χ0n) is 12.0. The molecule has 0 radical (unpaired) electrons. The number of hydrogen-bond donors (Lipinski definition) is 1. The van der Waals surface area contributed by atoms with Crippen LogP contribution in [0.3, 0.4) is 0 Å². The highest BCUT2D eigenvalue weighted by molar-refractivity contribution is 8.01. The minimum atomic E-state index is -0.0523. The number of carbonyl (C=O) groups excluding carboxylic acids is 1. The van der Waals surface area contributed by atoms with Gasteiger partial charge in [-0.15, -0.1) is 11.3 Å². The molecule has 5 nitrogen and oxygen atoms in total. The van der Waals surface area contributed by atoms with Crippen LogP contribution in [0, 0.1) is 0 Å². The van der Waals surface area contributed by atoms with Crippen LogP contribution >= 0.6 is 23.1 Å². The molecule has 1 aromatic carbocycles. The van der Waals surface area contributed by atoms with E-state index >= 15 is 0 Å². The zero-order chi connectivity index (χ0) is 15.6. The molecule has 4 rings (SSSR count). The number of amides is 1. The Morgan fingerprint density at radius 2 is 2.13 bits per heavy atom. The number of para-hydroxylation sites is 1. The Hall–Kier alpha value is -2.38. The molecule has 0 aliphatic heterocycles. The minimum absolute atomic E-state index is 0.0523. The molecule has 4 aromatic rings. The summed E-state index contributed by atoms with van der Waals surface area (Å²) in [5.41, 5.74) is 2.62. The van der Waals surface area contributed by atoms with Crippen molar-refractivity contribution in [3.05, 3.63) is 54.9 Å². The van der Waals surface area contributed by atoms with Gasteiger partial charge in [0.2, 0.25) is 5.91 Å². The smallest absolute Gasteiger partial charge is 0.234 e. The molecular formula is C16H12N4OS2. The number of thiazole rings is 1. The largest absolute Gasteiger partial charge is 0.323 e. The standard InChI is InChI=1S/C16H12N4OS2/c21-15(18-11-5-3-9-20-13(11)7-8-17-20)10-22-16-19-12-4-1-2-6-14(12)23-16/h1-9H,10H2,(H,18,21). The van der Waals surface area contributed by atoms with Crippen molar-refractivity contribution in [1.82, 2.24) is 14.6 Å². The van der Waals surface area contributed by atoms with E-state index in [-0.39, 0.29) is 5.91 Å². The summed E-state index contributed by atoms with van der Waals surface area (Å²) in [4.78, 5) is 16.7. The summed E-state index contributed by atoms with van der Waals surface area (Å²) in [7, 11) is 0. The highest BCUT2D eigenvalue weighted by Gasteiger charge is 2.09. The molecule has 0 unspecified atom stereocenters. The van der Waals surface area contributed by atoms with Gasteiger partial charge in [0.05, 0.1) is 33.4 Å². The van der Waals surface area contributed by atoms with Gasteiger partial charge in [0.15, 0.2) is 4.34 Å². The maximum absolute atomic E-state index is 12.2. The van der Waals surface area contributed by atoms with Gasteiger partial charge in [-0.3, -0.25) is 4.79 Å². The summed E-state index contributed by atoms with van der Waals surface area (Å²) < 4.78 is 3.78. The molecule has 3 heterocycles. The summed E-state index contributed by atoms with van der Waals surface area (Å²) >= 11 is 3.06. The second kappa shape index (κ2) is 6.02. The molecule has 0 aliphatic rings. The maximum Gasteiger partial charge on any atom is 0.234 e. The fraction of sp³-hybridized carbons (Fsp3) is 0.0625. The Bertz CT molecular complexity index is 959. The molecule has 1 N–H and O–H groups in total. The molecule has 0 atom stereocenters. The number of anilines is 1. The van der Waals surface area contributed by atoms with Crippen molar-refractivity contribution in [3.63, 3.8) is 0 Å². The summed E-state index contributed by atoms with van der Waals surface area (Å²) in [5.74, 6) is 0.276. The van der Waals surface area contributed by atoms with E-state index in [4.69, 9.17) is 0 Å². The fourth-order valence-electron chi connectivity index (χ4n) is 2.28. The molecule has 0 bridgehead atoms. The molecule has 0 aliphatic carbocycles. The number of fused-ring (bicyclic) bond motifs is 2. The van der Waals surface area contributed by atoms with Crippen molar-refractivity contribution in [3.8, 4) is 0 Å². The van der Waals surface area contributed by atoms with Gasteiger partial charge in [0, 0.05) is 6.20 Å². The topological polar surface area (TPSA) is 59.3 Å². The van der Waals surface area contributed by atoms with Gasteiger partial charge in [0.25, 0.3) is 0 Å². The van der Waals surface area contributed by atoms with E-state index in [0.29, 0.717) is 5.75 Å². The van der Waals surface area contributed by atoms with Crippen LogP contribution in [0.2, 0.25) is 0 Å². The Morgan fingerprint density at radius 1 is 1.22 bits per heavy atom. The highest BCUT2D eigenvalue weighted by atomic mass is 32.2. The summed E-state index contributed by atoms with van der Waals surface area (Å²) in [6, 6.07) is 13.6. The number of pyridine rings is 1. The predicted octanol–water partition coefficient (Wildman–Crippen LogP) is 3.67. The summed E-state index contributed by atoms with van der Waals surface area (Å²) in [6.45, 7) is 0. The first kappa shape index (κ1) is 14.2. The average molecular weight is 340 g/mol. The first-order chi connectivity index (χ1) is 11.3. The molecule has 23 heavy (non-hydrogen) atoms. The van der Waals surface area contributed by atoms with Gasteiger partial charge in [-0.1, -0.05) is 23.9 Å². The number of thioether (sulfide) groups is 1. The number of carbonyl (C=O) groups is 1. The van der Waals surface area contributed by atoms with Gasteiger partial charge < -0.3 is 5.32 Å². The number of nitrogens with one attached hydrogen (secondary N) is 1. The minimum Gasteiger partial charge on any atom is -0.323 e. The number of aromatic nitrogens is 3. The first-order valence-corrected chi connectivity index (χ1v) is 8.80. The fourth-order valence-corrected chi connectivity index (χ4v) is 4.15. The van der Waals surface area contributed by atoms with Crippen LogP contribution in [0.25, 0.3) is 15.7 Å². The van der Waals surface area contributed by atoms with E-state index in [0.717, 1.165) is 25.8 Å². The quantitative estimate of drug-likeness (QED) is 0.576. The van der Waals surface area contributed by atoms with Crippen LogP contribution < -0.4 is 5.32 Å². The van der Waals surface area contributed by atoms with Crippen molar-refractivity contribution in [2.45, 2.75) is 4.34 Å². The second-order valence-corrected chi connectivity index (χ2v) is 7.12. The van der Waals surface area contributed by atoms with Crippen LogP contribution in [0.1, 0.15) is 0 Å². The van der Waals surface area contributed by atoms with Crippen LogP contribution in [0.15, 0.2) is 59.2 Å². The van der Waals surface area contributed by atoms with Gasteiger partial charge in [-0.2, -0.15) is 5.10 Å². The number of rotatable bonds is 4. The van der Waals surface area contributed by atoms with Gasteiger partial charge in [-0.25, -0.2) is 9.50 Å². The molecule has 0 saturated carbocycles. The van der Waals surface area contributed by atoms with Crippen molar-refractivity contribution >= 4 is 50.4 Å². The number of benzene rings is 1. The molecule has 0 spiro atoms. The Morgan fingerprint density at radius 3 is 3.04 bits per heavy atom. The monoisotopic (exact) mass is 340 g/mol. The van der Waals surface area contributed by atoms with Crippen LogP contribution in [-0.4, -0.2) is 26.3 Å². The van der Waals surface area contributed by atoms with Crippen LogP contribution in [0.5, 0.6) is 0 Å². The molecule has 0 fully saturated rings. The van der Waals surface area contributed by atoms with Crippen molar-refractivity contribution in [1.29, 1.82) is 0 Å². The summed E-state index contributed by atoms with van der Waals surface area (Å²) in [6.07, 6.45) is 3.56. The molecule has 7 heteroatoms. The lowest BCUT2D eigenvalue weighted by atomic mass is 10.3. The second-order valence-electron chi connectivity index (χ2n) is 4.87. The third kappa shape index (κ3) is 2.93. The normalized spacial score (nSPS) is 11.1. The lowest BCUT2D eigenvalue weighted by Gasteiger charge is -2.05. The van der Waals surface area contributed by atoms with E-state index in [1.807, 2.05) is 48.7 Å². The van der Waals surface area contributed by atoms with Crippen molar-refractivity contribution in [2.75, 3.05) is 11.1 Å². The third-order valence-electron chi connectivity index (χ3n) is 3.31. The zero-order valence-corrected chi connectivity index (χ0v) is 13.6. The van der Waals surface area contributed by atoms with E-state index in [1.54, 1.807) is 22.0 Å². The lowest BCUT2D eigenvalue weighted by Crippen LogP contribution is -2.14. The number of hydrogen-bond acceptors (Lipinski definition) is 5. The van der Waals surface area contributed by atoms with Crippen molar-refractivity contribution in [2.24, 2.45) is 0 Å². The van der Waals surface area contributed by atoms with Crippen molar-refractivity contribution < 1.29 is 4.79 Å². The molecule has 1 amide bonds. The highest BCUT2D eigenvalue weighted by Crippen LogP contribution is 2.29. The van der Waals surface area contributed by atoms with Crippen LogP contribution in [-0.2, 0) is 4.79 Å². The average Bonchev–Trinajstić information content (AvgIpc) is 3.19. The SMILES string of the molecule is O=C(CSc1nc2ccccc2s1)Nc1cccn2nccc12. The van der Waals surface area contributed by atoms with E-state index in [2.05, 4.69) is 15.4 Å². The Kier molecular flexibility index (Phi) is 3.72. The molecule has 3 aromatic heterocycles. The van der Waals surface area contributed by atoms with E-state index < -0.39 is 0 Å².